The molecule has 4 rings (SSSR count). The van der Waals surface area contributed by atoms with E-state index < -0.39 is 0 Å². The zero-order valence-electron chi connectivity index (χ0n) is 15.9. The van der Waals surface area contributed by atoms with Gasteiger partial charge < -0.3 is 14.6 Å². The molecule has 2 fully saturated rings. The minimum Gasteiger partial charge on any atom is -0.496 e. The largest absolute Gasteiger partial charge is 0.496 e. The van der Waals surface area contributed by atoms with E-state index in [0.29, 0.717) is 17.9 Å². The van der Waals surface area contributed by atoms with E-state index in [4.69, 9.17) is 9.47 Å². The van der Waals surface area contributed by atoms with Gasteiger partial charge in [-0.1, -0.05) is 18.2 Å². The molecular weight excluding hydrogens is 326 g/mol. The van der Waals surface area contributed by atoms with Gasteiger partial charge in [-0.05, 0) is 62.3 Å². The van der Waals surface area contributed by atoms with E-state index in [0.717, 1.165) is 41.7 Å². The molecule has 0 heterocycles. The highest BCUT2D eigenvalue weighted by atomic mass is 16.5. The van der Waals surface area contributed by atoms with E-state index in [-0.39, 0.29) is 6.10 Å². The third-order valence-corrected chi connectivity index (χ3v) is 6.50. The summed E-state index contributed by atoms with van der Waals surface area (Å²) in [5, 5.41) is 12.1. The Bertz CT molecular complexity index is 776. The van der Waals surface area contributed by atoms with Gasteiger partial charge in [-0.25, -0.2) is 0 Å². The second-order valence-corrected chi connectivity index (χ2v) is 8.00. The average molecular weight is 355 g/mol. The average Bonchev–Trinajstić information content (AvgIpc) is 3.18. The summed E-state index contributed by atoms with van der Waals surface area (Å²) in [5.41, 5.74) is 1.28. The molecule has 26 heavy (non-hydrogen) atoms. The van der Waals surface area contributed by atoms with Crippen molar-refractivity contribution >= 4 is 10.8 Å². The van der Waals surface area contributed by atoms with Gasteiger partial charge in [-0.3, -0.25) is 4.90 Å². The van der Waals surface area contributed by atoms with E-state index in [2.05, 4.69) is 30.1 Å². The van der Waals surface area contributed by atoms with Crippen LogP contribution in [-0.2, 0) is 6.54 Å². The van der Waals surface area contributed by atoms with Crippen LogP contribution >= 0.6 is 0 Å². The van der Waals surface area contributed by atoms with Crippen molar-refractivity contribution in [3.8, 4) is 11.5 Å². The van der Waals surface area contributed by atoms with Gasteiger partial charge in [0.2, 0.25) is 0 Å². The molecule has 2 aliphatic carbocycles. The molecule has 2 aromatic carbocycles. The minimum atomic E-state index is -0.0638. The molecule has 0 saturated heterocycles. The molecule has 0 spiro atoms. The Morgan fingerprint density at radius 3 is 2.31 bits per heavy atom. The highest BCUT2D eigenvalue weighted by Crippen LogP contribution is 2.46. The number of methoxy groups -OCH3 is 2. The lowest BCUT2D eigenvalue weighted by Crippen LogP contribution is -2.30. The molecule has 0 radical (unpaired) electrons. The summed E-state index contributed by atoms with van der Waals surface area (Å²) in [4.78, 5) is 2.48. The van der Waals surface area contributed by atoms with Crippen molar-refractivity contribution in [1.82, 2.24) is 4.90 Å². The molecule has 4 nitrogen and oxygen atoms in total. The predicted octanol–water partition coefficient (Wildman–Crippen LogP) is 3.84. The van der Waals surface area contributed by atoms with Crippen LogP contribution in [0.3, 0.4) is 0 Å². The summed E-state index contributed by atoms with van der Waals surface area (Å²) in [6.45, 7) is 0.896. The van der Waals surface area contributed by atoms with Crippen LogP contribution in [0.15, 0.2) is 30.3 Å². The fourth-order valence-electron chi connectivity index (χ4n) is 5.21. The number of fused-ring (bicyclic) bond motifs is 2. The molecule has 4 heteroatoms. The zero-order chi connectivity index (χ0) is 18.3. The van der Waals surface area contributed by atoms with Gasteiger partial charge in [0.15, 0.2) is 0 Å². The minimum absolute atomic E-state index is 0.0638. The molecule has 0 bridgehead atoms. The van der Waals surface area contributed by atoms with Gasteiger partial charge in [0.05, 0.1) is 20.3 Å². The van der Waals surface area contributed by atoms with Crippen LogP contribution in [0.5, 0.6) is 11.5 Å². The number of rotatable bonds is 5. The van der Waals surface area contributed by atoms with Gasteiger partial charge in [0.25, 0.3) is 0 Å². The molecule has 2 aliphatic rings. The Morgan fingerprint density at radius 1 is 0.962 bits per heavy atom. The second-order valence-electron chi connectivity index (χ2n) is 8.00. The lowest BCUT2D eigenvalue weighted by Gasteiger charge is -2.26. The number of nitrogens with zero attached hydrogens (tertiary/aromatic N) is 1. The summed E-state index contributed by atoms with van der Waals surface area (Å²) in [5.74, 6) is 3.20. The first-order valence-corrected chi connectivity index (χ1v) is 9.61. The Balaban J connectivity index is 1.59. The van der Waals surface area contributed by atoms with Gasteiger partial charge in [0.1, 0.15) is 11.5 Å². The number of ether oxygens (including phenoxy) is 2. The maximum Gasteiger partial charge on any atom is 0.127 e. The SMILES string of the molecule is COc1ccc(CN(C)C2C[C@H]3CC(O)C[C@H]3C2)c2c(OC)cccc12. The lowest BCUT2D eigenvalue weighted by atomic mass is 10.0. The first kappa shape index (κ1) is 17.6. The number of benzene rings is 2. The van der Waals surface area contributed by atoms with Gasteiger partial charge in [0, 0.05) is 23.4 Å². The van der Waals surface area contributed by atoms with Crippen LogP contribution in [0.4, 0.5) is 0 Å². The van der Waals surface area contributed by atoms with Crippen LogP contribution in [-0.4, -0.2) is 43.4 Å². The molecule has 2 aromatic rings. The van der Waals surface area contributed by atoms with E-state index in [1.807, 2.05) is 12.1 Å². The van der Waals surface area contributed by atoms with E-state index >= 15 is 0 Å². The lowest BCUT2D eigenvalue weighted by molar-refractivity contribution is 0.158. The van der Waals surface area contributed by atoms with E-state index in [1.165, 1.54) is 18.4 Å². The van der Waals surface area contributed by atoms with Crippen molar-refractivity contribution in [2.45, 2.75) is 44.4 Å². The number of hydrogen-bond acceptors (Lipinski definition) is 4. The van der Waals surface area contributed by atoms with Gasteiger partial charge in [-0.2, -0.15) is 0 Å². The fourth-order valence-corrected chi connectivity index (χ4v) is 5.21. The van der Waals surface area contributed by atoms with E-state index in [1.54, 1.807) is 14.2 Å². The summed E-state index contributed by atoms with van der Waals surface area (Å²) in [6, 6.07) is 11.0. The summed E-state index contributed by atoms with van der Waals surface area (Å²) >= 11 is 0. The number of hydrogen-bond donors (Lipinski definition) is 1. The summed E-state index contributed by atoms with van der Waals surface area (Å²) in [6.07, 6.45) is 4.35. The molecule has 4 atom stereocenters. The monoisotopic (exact) mass is 355 g/mol. The maximum absolute atomic E-state index is 9.88. The zero-order valence-corrected chi connectivity index (χ0v) is 15.9. The molecule has 0 aliphatic heterocycles. The summed E-state index contributed by atoms with van der Waals surface area (Å²) < 4.78 is 11.2. The topological polar surface area (TPSA) is 41.9 Å². The maximum atomic E-state index is 9.88. The Morgan fingerprint density at radius 2 is 1.65 bits per heavy atom. The van der Waals surface area contributed by atoms with E-state index in [9.17, 15) is 5.11 Å². The molecule has 140 valence electrons. The van der Waals surface area contributed by atoms with Crippen LogP contribution in [0, 0.1) is 11.8 Å². The molecule has 0 aromatic heterocycles. The van der Waals surface area contributed by atoms with Crippen molar-refractivity contribution in [1.29, 1.82) is 0 Å². The molecule has 1 N–H and O–H groups in total. The first-order valence-electron chi connectivity index (χ1n) is 9.61. The first-order chi connectivity index (χ1) is 12.6. The highest BCUT2D eigenvalue weighted by Gasteiger charge is 2.42. The van der Waals surface area contributed by atoms with Crippen molar-refractivity contribution in [3.63, 3.8) is 0 Å². The smallest absolute Gasteiger partial charge is 0.127 e. The quantitative estimate of drug-likeness (QED) is 0.885. The normalized spacial score (nSPS) is 27.9. The van der Waals surface area contributed by atoms with Crippen LogP contribution in [0.25, 0.3) is 10.8 Å². The molecule has 0 amide bonds. The fraction of sp³-hybridized carbons (Fsp3) is 0.545. The van der Waals surface area contributed by atoms with Crippen LogP contribution < -0.4 is 9.47 Å². The third kappa shape index (κ3) is 3.06. The van der Waals surface area contributed by atoms with Crippen LogP contribution in [0.1, 0.15) is 31.2 Å². The Labute approximate surface area is 155 Å². The van der Waals surface area contributed by atoms with Crippen molar-refractivity contribution < 1.29 is 14.6 Å². The molecule has 2 saturated carbocycles. The van der Waals surface area contributed by atoms with Gasteiger partial charge in [-0.15, -0.1) is 0 Å². The predicted molar refractivity (Wildman–Crippen MR) is 104 cm³/mol. The van der Waals surface area contributed by atoms with Crippen molar-refractivity contribution in [3.05, 3.63) is 35.9 Å². The number of aliphatic hydroxyl groups excluding tert-OH is 1. The van der Waals surface area contributed by atoms with Gasteiger partial charge >= 0.3 is 0 Å². The van der Waals surface area contributed by atoms with Crippen molar-refractivity contribution in [2.24, 2.45) is 11.8 Å². The Hall–Kier alpha value is -1.78. The standard InChI is InChI=1S/C22H29NO3/c1-23(17-9-15-11-18(24)12-16(15)10-17)13-14-7-8-20(25-2)19-5-4-6-21(26-3)22(14)19/h4-8,15-18,24H,9-13H2,1-3H3/t15-,16+,17?,18?. The third-order valence-electron chi connectivity index (χ3n) is 6.50. The second kappa shape index (κ2) is 7.09. The molecule has 2 unspecified atom stereocenters. The molecular formula is C22H29NO3. The Kier molecular flexibility index (Phi) is 4.80. The van der Waals surface area contributed by atoms with Crippen molar-refractivity contribution in [2.75, 3.05) is 21.3 Å². The summed E-state index contributed by atoms with van der Waals surface area (Å²) in [7, 11) is 5.67. The van der Waals surface area contributed by atoms with Crippen LogP contribution in [0.2, 0.25) is 0 Å². The number of aliphatic hydroxyl groups is 1. The highest BCUT2D eigenvalue weighted by molar-refractivity contribution is 5.95.